The van der Waals surface area contributed by atoms with E-state index in [1.54, 1.807) is 23.1 Å². The zero-order chi connectivity index (χ0) is 15.2. The average molecular weight is 293 g/mol. The molecule has 2 rings (SSSR count). The third-order valence-corrected chi connectivity index (χ3v) is 3.19. The largest absolute Gasteiger partial charge is 0.493 e. The van der Waals surface area contributed by atoms with Crippen LogP contribution >= 0.6 is 0 Å². The van der Waals surface area contributed by atoms with E-state index >= 15 is 0 Å². The molecule has 7 heteroatoms. The Balaban J connectivity index is 2.08. The van der Waals surface area contributed by atoms with E-state index < -0.39 is 0 Å². The zero-order valence-corrected chi connectivity index (χ0v) is 11.9. The highest BCUT2D eigenvalue weighted by molar-refractivity contribution is 5.98. The minimum atomic E-state index is -0.136. The van der Waals surface area contributed by atoms with Crippen LogP contribution in [0.3, 0.4) is 0 Å². The maximum absolute atomic E-state index is 12.1. The normalized spacial score (nSPS) is 14.6. The molecule has 0 unspecified atom stereocenters. The lowest BCUT2D eigenvalue weighted by atomic mass is 10.1. The number of nitrogen functional groups attached to an aromatic ring is 1. The number of carbonyl (C=O) groups excluding carboxylic acids is 1. The molecule has 21 heavy (non-hydrogen) atoms. The van der Waals surface area contributed by atoms with E-state index in [9.17, 15) is 4.79 Å². The maximum Gasteiger partial charge on any atom is 0.260 e. The topological polar surface area (TPSA) is 97.9 Å². The first kappa shape index (κ1) is 15.1. The number of methoxy groups -OCH3 is 1. The number of nitrogens with zero attached hydrogens (tertiary/aromatic N) is 1. The fourth-order valence-electron chi connectivity index (χ4n) is 2.08. The molecule has 0 aliphatic carbocycles. The molecule has 1 aliphatic rings. The summed E-state index contributed by atoms with van der Waals surface area (Å²) in [5.41, 5.74) is 5.93. The molecule has 1 aliphatic heterocycles. The van der Waals surface area contributed by atoms with Crippen LogP contribution in [-0.4, -0.2) is 56.7 Å². The number of carbonyl (C=O) groups is 1. The molecule has 0 saturated carbocycles. The molecule has 0 bridgehead atoms. The SMILES string of the molecule is COc1cccc(C(=N)N)c1OCC(=O)N1CCOCC1. The first-order valence-electron chi connectivity index (χ1n) is 6.63. The predicted molar refractivity (Wildman–Crippen MR) is 76.9 cm³/mol. The number of hydrogen-bond acceptors (Lipinski definition) is 5. The van der Waals surface area contributed by atoms with Crippen molar-refractivity contribution in [1.29, 1.82) is 5.41 Å². The zero-order valence-electron chi connectivity index (χ0n) is 11.9. The van der Waals surface area contributed by atoms with Gasteiger partial charge in [-0.2, -0.15) is 0 Å². The van der Waals surface area contributed by atoms with Crippen LogP contribution in [-0.2, 0) is 9.53 Å². The van der Waals surface area contributed by atoms with Crippen molar-refractivity contribution in [3.8, 4) is 11.5 Å². The van der Waals surface area contributed by atoms with Crippen LogP contribution in [0.4, 0.5) is 0 Å². The predicted octanol–water partition coefficient (Wildman–Crippen LogP) is 0.217. The second kappa shape index (κ2) is 6.94. The molecule has 0 atom stereocenters. The summed E-state index contributed by atoms with van der Waals surface area (Å²) in [5, 5.41) is 7.56. The molecule has 1 saturated heterocycles. The first-order chi connectivity index (χ1) is 10.1. The van der Waals surface area contributed by atoms with Crippen LogP contribution in [0.2, 0.25) is 0 Å². The molecule has 3 N–H and O–H groups in total. The molecule has 0 aromatic heterocycles. The van der Waals surface area contributed by atoms with Gasteiger partial charge in [0.05, 0.1) is 25.9 Å². The van der Waals surface area contributed by atoms with Crippen molar-refractivity contribution in [2.45, 2.75) is 0 Å². The van der Waals surface area contributed by atoms with Gasteiger partial charge in [0.25, 0.3) is 5.91 Å². The number of para-hydroxylation sites is 1. The van der Waals surface area contributed by atoms with Crippen molar-refractivity contribution in [2.75, 3.05) is 40.0 Å². The molecule has 7 nitrogen and oxygen atoms in total. The van der Waals surface area contributed by atoms with Gasteiger partial charge >= 0.3 is 0 Å². The number of nitrogens with two attached hydrogens (primary N) is 1. The molecular formula is C14H19N3O4. The molecule has 1 aromatic carbocycles. The van der Waals surface area contributed by atoms with E-state index in [4.69, 9.17) is 25.4 Å². The summed E-state index contributed by atoms with van der Waals surface area (Å²) in [6.45, 7) is 2.08. The van der Waals surface area contributed by atoms with Crippen molar-refractivity contribution in [2.24, 2.45) is 5.73 Å². The summed E-state index contributed by atoms with van der Waals surface area (Å²) in [4.78, 5) is 13.8. The van der Waals surface area contributed by atoms with Gasteiger partial charge in [0.15, 0.2) is 18.1 Å². The minimum Gasteiger partial charge on any atom is -0.493 e. The lowest BCUT2D eigenvalue weighted by Crippen LogP contribution is -2.43. The standard InChI is InChI=1S/C14H19N3O4/c1-19-11-4-2-3-10(14(15)16)13(11)21-9-12(18)17-5-7-20-8-6-17/h2-4H,5-9H2,1H3,(H3,15,16). The van der Waals surface area contributed by atoms with Crippen LogP contribution in [0.15, 0.2) is 18.2 Å². The van der Waals surface area contributed by atoms with Gasteiger partial charge in [0.1, 0.15) is 5.84 Å². The van der Waals surface area contributed by atoms with Crippen LogP contribution in [0, 0.1) is 5.41 Å². The second-order valence-corrected chi connectivity index (χ2v) is 4.53. The second-order valence-electron chi connectivity index (χ2n) is 4.53. The highest BCUT2D eigenvalue weighted by atomic mass is 16.5. The van der Waals surface area contributed by atoms with Crippen molar-refractivity contribution >= 4 is 11.7 Å². The Hall–Kier alpha value is -2.28. The number of rotatable bonds is 5. The summed E-state index contributed by atoms with van der Waals surface area (Å²) in [6, 6.07) is 5.06. The van der Waals surface area contributed by atoms with Gasteiger partial charge in [-0.25, -0.2) is 0 Å². The highest BCUT2D eigenvalue weighted by Gasteiger charge is 2.19. The van der Waals surface area contributed by atoms with E-state index in [1.165, 1.54) is 7.11 Å². The van der Waals surface area contributed by atoms with E-state index in [2.05, 4.69) is 0 Å². The van der Waals surface area contributed by atoms with E-state index in [1.807, 2.05) is 0 Å². The Labute approximate surface area is 123 Å². The Morgan fingerprint density at radius 2 is 2.14 bits per heavy atom. The number of ether oxygens (including phenoxy) is 3. The van der Waals surface area contributed by atoms with Crippen molar-refractivity contribution < 1.29 is 19.0 Å². The summed E-state index contributed by atoms with van der Waals surface area (Å²) in [5.74, 6) is 0.494. The number of benzene rings is 1. The fourth-order valence-corrected chi connectivity index (χ4v) is 2.08. The Morgan fingerprint density at radius 1 is 1.43 bits per heavy atom. The fraction of sp³-hybridized carbons (Fsp3) is 0.429. The third kappa shape index (κ3) is 3.63. The van der Waals surface area contributed by atoms with Gasteiger partial charge in [-0.05, 0) is 12.1 Å². The van der Waals surface area contributed by atoms with Gasteiger partial charge in [-0.1, -0.05) is 6.07 Å². The number of amides is 1. The number of morpholine rings is 1. The lowest BCUT2D eigenvalue weighted by Gasteiger charge is -2.27. The summed E-state index contributed by atoms with van der Waals surface area (Å²) in [6.07, 6.45) is 0. The van der Waals surface area contributed by atoms with Crippen LogP contribution in [0.25, 0.3) is 0 Å². The van der Waals surface area contributed by atoms with E-state index in [0.29, 0.717) is 43.4 Å². The molecule has 1 amide bonds. The third-order valence-electron chi connectivity index (χ3n) is 3.19. The number of nitrogens with one attached hydrogen (secondary N) is 1. The van der Waals surface area contributed by atoms with Crippen molar-refractivity contribution in [1.82, 2.24) is 4.90 Å². The van der Waals surface area contributed by atoms with E-state index in [-0.39, 0.29) is 18.3 Å². The quantitative estimate of drug-likeness (QED) is 0.597. The molecule has 1 heterocycles. The molecule has 1 fully saturated rings. The molecule has 0 radical (unpaired) electrons. The van der Waals surface area contributed by atoms with Crippen molar-refractivity contribution in [3.05, 3.63) is 23.8 Å². The van der Waals surface area contributed by atoms with Gasteiger partial charge in [-0.15, -0.1) is 0 Å². The summed E-state index contributed by atoms with van der Waals surface area (Å²) in [7, 11) is 1.50. The van der Waals surface area contributed by atoms with Gasteiger partial charge in [0, 0.05) is 13.1 Å². The summed E-state index contributed by atoms with van der Waals surface area (Å²) < 4.78 is 15.9. The van der Waals surface area contributed by atoms with Crippen LogP contribution in [0.5, 0.6) is 11.5 Å². The Bertz CT molecular complexity index is 527. The van der Waals surface area contributed by atoms with Crippen molar-refractivity contribution in [3.63, 3.8) is 0 Å². The minimum absolute atomic E-state index is 0.124. The van der Waals surface area contributed by atoms with Gasteiger partial charge < -0.3 is 24.8 Å². The average Bonchev–Trinajstić information content (AvgIpc) is 2.52. The first-order valence-corrected chi connectivity index (χ1v) is 6.63. The summed E-state index contributed by atoms with van der Waals surface area (Å²) >= 11 is 0. The highest BCUT2D eigenvalue weighted by Crippen LogP contribution is 2.30. The van der Waals surface area contributed by atoms with Gasteiger partial charge in [0.2, 0.25) is 0 Å². The maximum atomic E-state index is 12.1. The molecule has 1 aromatic rings. The molecular weight excluding hydrogens is 274 g/mol. The van der Waals surface area contributed by atoms with Gasteiger partial charge in [-0.3, -0.25) is 10.2 Å². The number of amidine groups is 1. The van der Waals surface area contributed by atoms with Crippen LogP contribution in [0.1, 0.15) is 5.56 Å². The Kier molecular flexibility index (Phi) is 4.99. The van der Waals surface area contributed by atoms with E-state index in [0.717, 1.165) is 0 Å². The van der Waals surface area contributed by atoms with Crippen LogP contribution < -0.4 is 15.2 Å². The molecule has 114 valence electrons. The lowest BCUT2D eigenvalue weighted by molar-refractivity contribution is -0.137. The smallest absolute Gasteiger partial charge is 0.260 e. The Morgan fingerprint density at radius 3 is 2.76 bits per heavy atom. The molecule has 0 spiro atoms. The monoisotopic (exact) mass is 293 g/mol. The number of hydrogen-bond donors (Lipinski definition) is 2.